The van der Waals surface area contributed by atoms with E-state index >= 15 is 0 Å². The van der Waals surface area contributed by atoms with Crippen LogP contribution in [0.4, 0.5) is 24.7 Å². The van der Waals surface area contributed by atoms with Gasteiger partial charge >= 0.3 is 6.18 Å². The number of fused-ring (bicyclic) bond motifs is 1. The lowest BCUT2D eigenvalue weighted by Crippen LogP contribution is -2.38. The van der Waals surface area contributed by atoms with Crippen LogP contribution < -0.4 is 21.1 Å². The highest BCUT2D eigenvalue weighted by molar-refractivity contribution is 5.98. The van der Waals surface area contributed by atoms with Crippen LogP contribution in [0.15, 0.2) is 36.9 Å². The Morgan fingerprint density at radius 3 is 2.76 bits per heavy atom. The number of hydrogen-bond acceptors (Lipinski definition) is 8. The van der Waals surface area contributed by atoms with Crippen LogP contribution in [0.25, 0.3) is 16.9 Å². The van der Waals surface area contributed by atoms with Gasteiger partial charge in [-0.25, -0.2) is 9.97 Å². The number of imidazole rings is 1. The van der Waals surface area contributed by atoms with Gasteiger partial charge in [0.2, 0.25) is 0 Å². The number of nitrogens with one attached hydrogen (secondary N) is 3. The number of H-pyrrole nitrogens is 1. The molecule has 14 heteroatoms. The van der Waals surface area contributed by atoms with Crippen molar-refractivity contribution in [3.8, 4) is 17.0 Å². The summed E-state index contributed by atoms with van der Waals surface area (Å²) in [6.07, 6.45) is 0.891. The lowest BCUT2D eigenvalue weighted by molar-refractivity contribution is -0.140. The van der Waals surface area contributed by atoms with Gasteiger partial charge in [-0.1, -0.05) is 6.92 Å². The van der Waals surface area contributed by atoms with Crippen LogP contribution in [0.5, 0.6) is 5.75 Å². The molecule has 0 bridgehead atoms. The first-order valence-corrected chi connectivity index (χ1v) is 11.2. The number of benzene rings is 1. The number of aromatic amines is 1. The molecule has 0 unspecified atom stereocenters. The first-order chi connectivity index (χ1) is 17.7. The molecule has 37 heavy (non-hydrogen) atoms. The van der Waals surface area contributed by atoms with Crippen LogP contribution in [0.2, 0.25) is 0 Å². The summed E-state index contributed by atoms with van der Waals surface area (Å²) in [5, 5.41) is 11.3. The van der Waals surface area contributed by atoms with E-state index in [4.69, 9.17) is 10.5 Å². The zero-order valence-corrected chi connectivity index (χ0v) is 19.8. The minimum absolute atomic E-state index is 0.107. The van der Waals surface area contributed by atoms with E-state index in [1.165, 1.54) is 29.1 Å². The topological polar surface area (TPSA) is 152 Å². The lowest BCUT2D eigenvalue weighted by Gasteiger charge is -2.18. The van der Waals surface area contributed by atoms with E-state index in [-0.39, 0.29) is 53.4 Å². The maximum absolute atomic E-state index is 13.4. The fourth-order valence-corrected chi connectivity index (χ4v) is 3.86. The number of amides is 1. The van der Waals surface area contributed by atoms with Crippen LogP contribution in [-0.4, -0.2) is 49.5 Å². The second kappa shape index (κ2) is 10.3. The third-order valence-electron chi connectivity index (χ3n) is 5.64. The first-order valence-electron chi connectivity index (χ1n) is 11.2. The lowest BCUT2D eigenvalue weighted by atomic mass is 10.0. The number of aromatic nitrogens is 5. The fourth-order valence-electron chi connectivity index (χ4n) is 3.86. The van der Waals surface area contributed by atoms with E-state index in [1.807, 2.05) is 5.10 Å². The maximum atomic E-state index is 13.4. The van der Waals surface area contributed by atoms with Gasteiger partial charge in [0.15, 0.2) is 17.2 Å². The molecule has 0 aliphatic carbocycles. The molecule has 4 rings (SSSR count). The predicted octanol–water partition coefficient (Wildman–Crippen LogP) is 3.06. The highest BCUT2D eigenvalue weighted by Crippen LogP contribution is 2.37. The molecule has 3 heterocycles. The summed E-state index contributed by atoms with van der Waals surface area (Å²) in [5.41, 5.74) is 5.82. The number of ether oxygens (including phenoxy) is 1. The van der Waals surface area contributed by atoms with Crippen molar-refractivity contribution >= 4 is 29.5 Å². The van der Waals surface area contributed by atoms with Gasteiger partial charge < -0.3 is 21.1 Å². The molecule has 1 amide bonds. The number of rotatable bonds is 9. The van der Waals surface area contributed by atoms with Crippen molar-refractivity contribution < 1.29 is 27.5 Å². The number of anilines is 2. The molecule has 0 saturated carbocycles. The molecule has 0 saturated heterocycles. The molecule has 3 aromatic heterocycles. The largest absolute Gasteiger partial charge is 0.433 e. The molecular weight excluding hydrogens is 493 g/mol. The van der Waals surface area contributed by atoms with Crippen molar-refractivity contribution in [3.05, 3.63) is 53.7 Å². The van der Waals surface area contributed by atoms with Gasteiger partial charge in [-0.2, -0.15) is 18.3 Å². The number of nitrogens with two attached hydrogens (primary N) is 1. The van der Waals surface area contributed by atoms with Gasteiger partial charge in [0.25, 0.3) is 12.4 Å². The zero-order chi connectivity index (χ0) is 26.7. The van der Waals surface area contributed by atoms with Crippen molar-refractivity contribution in [2.75, 3.05) is 11.9 Å². The molecule has 4 aromatic rings. The number of carbonyl (C=O) groups is 2. The Kier molecular flexibility index (Phi) is 7.11. The number of carbonyl (C=O) groups excluding carboxylic acids is 2. The third kappa shape index (κ3) is 4.95. The Hall–Kier alpha value is -4.46. The molecule has 0 spiro atoms. The number of halogens is 3. The Morgan fingerprint density at radius 1 is 1.30 bits per heavy atom. The molecule has 0 radical (unpaired) electrons. The summed E-state index contributed by atoms with van der Waals surface area (Å²) in [5.74, 6) is -0.0938. The van der Waals surface area contributed by atoms with E-state index in [0.29, 0.717) is 23.2 Å². The highest BCUT2D eigenvalue weighted by atomic mass is 19.4. The first kappa shape index (κ1) is 25.6. The van der Waals surface area contributed by atoms with Crippen LogP contribution in [0.3, 0.4) is 0 Å². The summed E-state index contributed by atoms with van der Waals surface area (Å²) in [6, 6.07) is 2.83. The minimum Gasteiger partial charge on any atom is -0.426 e. The Bertz CT molecular complexity index is 1450. The number of hydrogen-bond donors (Lipinski definition) is 4. The quantitative estimate of drug-likeness (QED) is 0.248. The number of nitrogens with zero attached hydrogens (tertiary/aromatic N) is 4. The fraction of sp³-hybridized carbons (Fsp3) is 0.261. The summed E-state index contributed by atoms with van der Waals surface area (Å²) in [7, 11) is 0. The monoisotopic (exact) mass is 516 g/mol. The summed E-state index contributed by atoms with van der Waals surface area (Å²) in [4.78, 5) is 32.6. The Balaban J connectivity index is 1.76. The summed E-state index contributed by atoms with van der Waals surface area (Å²) >= 11 is 0. The van der Waals surface area contributed by atoms with Gasteiger partial charge in [-0.15, -0.1) is 0 Å². The van der Waals surface area contributed by atoms with E-state index in [9.17, 15) is 22.8 Å². The maximum Gasteiger partial charge on any atom is 0.433 e. The molecule has 0 fully saturated rings. The molecule has 0 aliphatic rings. The molecule has 194 valence electrons. The average molecular weight is 516 g/mol. The van der Waals surface area contributed by atoms with Crippen molar-refractivity contribution in [2.45, 2.75) is 32.5 Å². The standard InChI is InChI=1S/C23H23F3N8O3/c1-3-13-14(22(36)31-12(2)8-27)4-5-16(18(13)37-11-35)32-20-21-29-10-17(34(21)7-6-28-20)15-9-30-33-19(15)23(24,25)26/h4-7,9-12H,3,8,27H2,1-2H3,(H,28,32)(H,30,33)(H,31,36)/t12-/m0/s1. The van der Waals surface area contributed by atoms with E-state index in [2.05, 4.69) is 25.7 Å². The van der Waals surface area contributed by atoms with Gasteiger partial charge in [0, 0.05) is 36.1 Å². The van der Waals surface area contributed by atoms with Crippen LogP contribution in [-0.2, 0) is 17.4 Å². The molecular formula is C23H23F3N8O3. The molecule has 5 N–H and O–H groups in total. The second-order valence-corrected chi connectivity index (χ2v) is 8.04. The minimum atomic E-state index is -4.64. The normalized spacial score (nSPS) is 12.4. The summed E-state index contributed by atoms with van der Waals surface area (Å²) in [6.45, 7) is 4.04. The van der Waals surface area contributed by atoms with Gasteiger partial charge in [-0.3, -0.25) is 19.1 Å². The highest BCUT2D eigenvalue weighted by Gasteiger charge is 2.36. The van der Waals surface area contributed by atoms with Crippen LogP contribution in [0.1, 0.15) is 35.5 Å². The van der Waals surface area contributed by atoms with Crippen LogP contribution in [0, 0.1) is 0 Å². The van der Waals surface area contributed by atoms with Gasteiger partial charge in [0.1, 0.15) is 5.69 Å². The summed E-state index contributed by atoms with van der Waals surface area (Å²) < 4.78 is 46.9. The second-order valence-electron chi connectivity index (χ2n) is 8.04. The van der Waals surface area contributed by atoms with E-state index in [1.54, 1.807) is 19.9 Å². The van der Waals surface area contributed by atoms with Crippen molar-refractivity contribution in [3.63, 3.8) is 0 Å². The molecule has 0 aliphatic heterocycles. The van der Waals surface area contributed by atoms with Crippen molar-refractivity contribution in [1.29, 1.82) is 0 Å². The molecule has 1 atom stereocenters. The predicted molar refractivity (Wildman–Crippen MR) is 127 cm³/mol. The van der Waals surface area contributed by atoms with Crippen molar-refractivity contribution in [2.24, 2.45) is 5.73 Å². The average Bonchev–Trinajstić information content (AvgIpc) is 3.52. The Labute approximate surface area is 208 Å². The smallest absolute Gasteiger partial charge is 0.426 e. The SMILES string of the molecule is CCc1c(C(=O)N[C@@H](C)CN)ccc(Nc2nccn3c(-c4cn[nH]c4C(F)(F)F)cnc23)c1OC=O. The molecule has 11 nitrogen and oxygen atoms in total. The van der Waals surface area contributed by atoms with Gasteiger partial charge in [-0.05, 0) is 25.5 Å². The van der Waals surface area contributed by atoms with Gasteiger partial charge in [0.05, 0.1) is 29.3 Å². The number of alkyl halides is 3. The Morgan fingerprint density at radius 2 is 2.08 bits per heavy atom. The van der Waals surface area contributed by atoms with E-state index in [0.717, 1.165) is 6.20 Å². The third-order valence-corrected chi connectivity index (χ3v) is 5.64. The molecule has 1 aromatic carbocycles. The zero-order valence-electron chi connectivity index (χ0n) is 19.8. The van der Waals surface area contributed by atoms with E-state index < -0.39 is 11.9 Å². The van der Waals surface area contributed by atoms with Crippen LogP contribution >= 0.6 is 0 Å². The van der Waals surface area contributed by atoms with Crippen molar-refractivity contribution in [1.82, 2.24) is 29.9 Å².